The number of esters is 1. The van der Waals surface area contributed by atoms with Gasteiger partial charge in [-0.3, -0.25) is 9.59 Å². The first-order valence-corrected chi connectivity index (χ1v) is 10.6. The summed E-state index contributed by atoms with van der Waals surface area (Å²) in [6, 6.07) is 7.82. The maximum Gasteiger partial charge on any atom is 0.305 e. The van der Waals surface area contributed by atoms with Crippen molar-refractivity contribution in [2.45, 2.75) is 40.0 Å². The van der Waals surface area contributed by atoms with Crippen LogP contribution in [-0.2, 0) is 16.0 Å². The quantitative estimate of drug-likeness (QED) is 0.394. The first kappa shape index (κ1) is 19.7. The van der Waals surface area contributed by atoms with E-state index in [1.165, 1.54) is 0 Å². The van der Waals surface area contributed by atoms with E-state index < -0.39 is 0 Å². The van der Waals surface area contributed by atoms with Crippen LogP contribution in [0.25, 0.3) is 32.7 Å². The third kappa shape index (κ3) is 3.46. The van der Waals surface area contributed by atoms with E-state index in [-0.39, 0.29) is 11.4 Å². The Morgan fingerprint density at radius 1 is 1.07 bits per heavy atom. The summed E-state index contributed by atoms with van der Waals surface area (Å²) in [5.41, 5.74) is 5.77. The molecule has 0 amide bonds. The van der Waals surface area contributed by atoms with Gasteiger partial charge in [-0.05, 0) is 62.9 Å². The number of aromatic amines is 2. The highest BCUT2D eigenvalue weighted by molar-refractivity contribution is 9.10. The fourth-order valence-corrected chi connectivity index (χ4v) is 4.50. The first-order valence-electron chi connectivity index (χ1n) is 9.82. The van der Waals surface area contributed by atoms with E-state index in [2.05, 4.69) is 38.9 Å². The summed E-state index contributed by atoms with van der Waals surface area (Å²) < 4.78 is 6.00. The molecule has 0 aliphatic heterocycles. The second kappa shape index (κ2) is 7.67. The Morgan fingerprint density at radius 2 is 1.79 bits per heavy atom. The molecule has 4 aromatic rings. The molecule has 0 unspecified atom stereocenters. The minimum Gasteiger partial charge on any atom is -0.466 e. The topological polar surface area (TPSA) is 75.0 Å². The zero-order valence-electron chi connectivity index (χ0n) is 16.7. The van der Waals surface area contributed by atoms with Gasteiger partial charge in [0.1, 0.15) is 0 Å². The van der Waals surface area contributed by atoms with Gasteiger partial charge >= 0.3 is 5.97 Å². The van der Waals surface area contributed by atoms with Crippen molar-refractivity contribution in [3.05, 3.63) is 55.8 Å². The van der Waals surface area contributed by atoms with Gasteiger partial charge in [0.2, 0.25) is 0 Å². The number of halogens is 1. The summed E-state index contributed by atoms with van der Waals surface area (Å²) >= 11 is 3.56. The number of carbonyl (C=O) groups excluding carboxylic acids is 1. The molecule has 0 saturated heterocycles. The third-order valence-corrected chi connectivity index (χ3v) is 5.97. The minimum absolute atomic E-state index is 0.00669. The van der Waals surface area contributed by atoms with Gasteiger partial charge in [-0.25, -0.2) is 0 Å². The number of aromatic nitrogens is 2. The van der Waals surface area contributed by atoms with Gasteiger partial charge in [0, 0.05) is 38.9 Å². The maximum absolute atomic E-state index is 13.0. The van der Waals surface area contributed by atoms with Crippen molar-refractivity contribution < 1.29 is 9.53 Å². The van der Waals surface area contributed by atoms with Crippen LogP contribution in [0.2, 0.25) is 0 Å². The molecule has 29 heavy (non-hydrogen) atoms. The van der Waals surface area contributed by atoms with E-state index in [1.54, 1.807) is 13.0 Å². The van der Waals surface area contributed by atoms with E-state index in [1.807, 2.05) is 19.1 Å². The highest BCUT2D eigenvalue weighted by Gasteiger charge is 2.17. The molecule has 2 aromatic heterocycles. The molecule has 0 radical (unpaired) electrons. The molecule has 2 heterocycles. The molecule has 6 heteroatoms. The molecule has 0 aliphatic rings. The van der Waals surface area contributed by atoms with Crippen molar-refractivity contribution >= 4 is 54.6 Å². The van der Waals surface area contributed by atoms with Gasteiger partial charge < -0.3 is 14.7 Å². The number of pyridine rings is 1. The number of aryl methyl sites for hydroxylation is 3. The van der Waals surface area contributed by atoms with Gasteiger partial charge in [-0.1, -0.05) is 15.9 Å². The lowest BCUT2D eigenvalue weighted by Gasteiger charge is -2.11. The number of hydrogen-bond donors (Lipinski definition) is 2. The van der Waals surface area contributed by atoms with Crippen molar-refractivity contribution in [3.63, 3.8) is 0 Å². The molecule has 0 saturated carbocycles. The van der Waals surface area contributed by atoms with Crippen LogP contribution < -0.4 is 5.43 Å². The number of H-pyrrole nitrogens is 2. The molecule has 150 valence electrons. The summed E-state index contributed by atoms with van der Waals surface area (Å²) in [6.07, 6.45) is 1.61. The van der Waals surface area contributed by atoms with Crippen molar-refractivity contribution in [1.82, 2.24) is 9.97 Å². The van der Waals surface area contributed by atoms with Crippen LogP contribution in [0, 0.1) is 13.8 Å². The average Bonchev–Trinajstić information content (AvgIpc) is 3.05. The summed E-state index contributed by atoms with van der Waals surface area (Å²) in [4.78, 5) is 31.5. The van der Waals surface area contributed by atoms with Crippen molar-refractivity contribution in [2.24, 2.45) is 0 Å². The van der Waals surface area contributed by atoms with Crippen LogP contribution in [0.1, 0.15) is 36.6 Å². The number of rotatable bonds is 5. The summed E-state index contributed by atoms with van der Waals surface area (Å²) in [7, 11) is 0. The maximum atomic E-state index is 13.0. The van der Waals surface area contributed by atoms with Crippen LogP contribution >= 0.6 is 15.9 Å². The molecule has 0 atom stereocenters. The van der Waals surface area contributed by atoms with Crippen LogP contribution in [0.5, 0.6) is 0 Å². The molecule has 0 bridgehead atoms. The van der Waals surface area contributed by atoms with E-state index in [0.29, 0.717) is 25.9 Å². The Morgan fingerprint density at radius 3 is 2.55 bits per heavy atom. The number of carbonyl (C=O) groups is 1. The zero-order chi connectivity index (χ0) is 20.7. The number of benzene rings is 2. The second-order valence-corrected chi connectivity index (χ2v) is 8.30. The first-order chi connectivity index (χ1) is 13.9. The lowest BCUT2D eigenvalue weighted by atomic mass is 9.98. The molecular formula is C23H23BrN2O3. The number of ether oxygens (including phenoxy) is 1. The fourth-order valence-electron chi connectivity index (χ4n) is 4.14. The zero-order valence-corrected chi connectivity index (χ0v) is 18.3. The number of hydrogen-bond acceptors (Lipinski definition) is 3. The van der Waals surface area contributed by atoms with Crippen molar-refractivity contribution in [1.29, 1.82) is 0 Å². The van der Waals surface area contributed by atoms with Gasteiger partial charge in [0.15, 0.2) is 5.43 Å². The minimum atomic E-state index is -0.200. The summed E-state index contributed by atoms with van der Waals surface area (Å²) in [6.45, 7) is 6.23. The van der Waals surface area contributed by atoms with E-state index in [0.717, 1.165) is 54.0 Å². The van der Waals surface area contributed by atoms with E-state index in [9.17, 15) is 9.59 Å². The summed E-state index contributed by atoms with van der Waals surface area (Å²) in [5, 5.41) is 2.98. The average molecular weight is 455 g/mol. The van der Waals surface area contributed by atoms with Crippen LogP contribution in [0.15, 0.2) is 33.5 Å². The SMILES string of the molecule is CCOC(=O)CCCc1cc(=O)c2c(C)c3[nH]c4ccc(Br)cc4c3c(C)c2[nH]1. The molecule has 0 spiro atoms. The fraction of sp³-hybridized carbons (Fsp3) is 0.304. The molecule has 0 aliphatic carbocycles. The Labute approximate surface area is 176 Å². The molecular weight excluding hydrogens is 432 g/mol. The van der Waals surface area contributed by atoms with Gasteiger partial charge in [0.25, 0.3) is 0 Å². The second-order valence-electron chi connectivity index (χ2n) is 7.38. The van der Waals surface area contributed by atoms with Gasteiger partial charge in [0.05, 0.1) is 23.0 Å². The van der Waals surface area contributed by atoms with Crippen LogP contribution in [-0.4, -0.2) is 22.5 Å². The summed E-state index contributed by atoms with van der Waals surface area (Å²) in [5.74, 6) is -0.200. The Hall–Kier alpha value is -2.60. The van der Waals surface area contributed by atoms with Crippen LogP contribution in [0.3, 0.4) is 0 Å². The van der Waals surface area contributed by atoms with E-state index in [4.69, 9.17) is 4.74 Å². The predicted molar refractivity (Wildman–Crippen MR) is 121 cm³/mol. The monoisotopic (exact) mass is 454 g/mol. The smallest absolute Gasteiger partial charge is 0.305 e. The van der Waals surface area contributed by atoms with Crippen molar-refractivity contribution in [2.75, 3.05) is 6.61 Å². The Bertz CT molecular complexity index is 1320. The molecule has 4 rings (SSSR count). The predicted octanol–water partition coefficient (Wildman–Crippen LogP) is 5.43. The Balaban J connectivity index is 1.85. The van der Waals surface area contributed by atoms with Crippen LogP contribution in [0.4, 0.5) is 0 Å². The van der Waals surface area contributed by atoms with E-state index >= 15 is 0 Å². The largest absolute Gasteiger partial charge is 0.466 e. The normalized spacial score (nSPS) is 11.6. The molecule has 2 N–H and O–H groups in total. The number of fused-ring (bicyclic) bond motifs is 4. The molecule has 5 nitrogen and oxygen atoms in total. The number of nitrogens with one attached hydrogen (secondary N) is 2. The Kier molecular flexibility index (Phi) is 5.21. The highest BCUT2D eigenvalue weighted by atomic mass is 79.9. The lowest BCUT2D eigenvalue weighted by Crippen LogP contribution is -2.09. The van der Waals surface area contributed by atoms with Crippen molar-refractivity contribution in [3.8, 4) is 0 Å². The molecule has 2 aromatic carbocycles. The highest BCUT2D eigenvalue weighted by Crippen LogP contribution is 2.36. The third-order valence-electron chi connectivity index (χ3n) is 5.48. The molecule has 0 fully saturated rings. The van der Waals surface area contributed by atoms with Gasteiger partial charge in [-0.15, -0.1) is 0 Å². The lowest BCUT2D eigenvalue weighted by molar-refractivity contribution is -0.143. The standard InChI is InChI=1S/C23H23BrN2O3/c1-4-29-19(28)7-5-6-15-11-18(27)21-13(3)22-20(12(2)23(21)25-15)16-10-14(24)8-9-17(16)26-22/h8-11,26H,4-7H2,1-3H3,(H,25,27). The van der Waals surface area contributed by atoms with Gasteiger partial charge in [-0.2, -0.15) is 0 Å².